The van der Waals surface area contributed by atoms with Crippen molar-refractivity contribution in [1.29, 1.82) is 5.41 Å². The first-order chi connectivity index (χ1) is 19.9. The predicted octanol–water partition coefficient (Wildman–Crippen LogP) is 4.27. The average Bonchev–Trinajstić information content (AvgIpc) is 3.02. The molecule has 1 aromatic heterocycles. The largest absolute Gasteiger partial charge is 0.373 e. The number of likely N-dealkylation sites (tertiary alicyclic amines) is 1. The summed E-state index contributed by atoms with van der Waals surface area (Å²) in [4.78, 5) is 27.3. The van der Waals surface area contributed by atoms with Gasteiger partial charge in [0, 0.05) is 50.7 Å². The fourth-order valence-corrected chi connectivity index (χ4v) is 5.95. The SMILES string of the molecule is COC1(c2ccccc2)CCN(c2ccc[nH]/c2=N\C(=N)Nc2ccc(C(=O)N(C)C3CCN(C)CC3)cc2)CC1. The number of aromatic nitrogens is 1. The van der Waals surface area contributed by atoms with Gasteiger partial charge in [-0.15, -0.1) is 0 Å². The molecule has 2 aliphatic rings. The van der Waals surface area contributed by atoms with Crippen molar-refractivity contribution >= 4 is 23.2 Å². The molecular formula is C32H41N7O2. The summed E-state index contributed by atoms with van der Waals surface area (Å²) < 4.78 is 6.05. The zero-order chi connectivity index (χ0) is 28.8. The lowest BCUT2D eigenvalue weighted by molar-refractivity contribution is -0.0346. The van der Waals surface area contributed by atoms with Crippen LogP contribution in [0.15, 0.2) is 77.9 Å². The third kappa shape index (κ3) is 6.52. The number of guanidine groups is 1. The maximum atomic E-state index is 13.0. The monoisotopic (exact) mass is 555 g/mol. The Morgan fingerprint density at radius 1 is 1.02 bits per heavy atom. The minimum Gasteiger partial charge on any atom is -0.373 e. The number of carbonyl (C=O) groups excluding carboxylic acids is 1. The first-order valence-electron chi connectivity index (χ1n) is 14.4. The summed E-state index contributed by atoms with van der Waals surface area (Å²) >= 11 is 0. The minimum atomic E-state index is -0.294. The van der Waals surface area contributed by atoms with Crippen molar-refractivity contribution in [2.45, 2.75) is 37.3 Å². The molecule has 216 valence electrons. The standard InChI is InChI=1S/C32H41N7O2/c1-37-20-15-27(16-21-37)38(2)30(40)24-11-13-26(14-12-24)35-31(33)36-29-28(10-7-19-34-29)39-22-17-32(41-3,18-23-39)25-8-5-4-6-9-25/h4-14,19,27H,15-18,20-23H2,1-3H3,(H3,33,34,35,36). The number of anilines is 2. The highest BCUT2D eigenvalue weighted by Gasteiger charge is 2.36. The minimum absolute atomic E-state index is 0.0174. The number of nitrogens with one attached hydrogen (secondary N) is 3. The number of ether oxygens (including phenoxy) is 1. The summed E-state index contributed by atoms with van der Waals surface area (Å²) in [7, 11) is 5.81. The Morgan fingerprint density at radius 3 is 2.37 bits per heavy atom. The van der Waals surface area contributed by atoms with Crippen molar-refractivity contribution in [1.82, 2.24) is 14.8 Å². The van der Waals surface area contributed by atoms with E-state index in [9.17, 15) is 4.79 Å². The van der Waals surface area contributed by atoms with Crippen LogP contribution in [0, 0.1) is 5.41 Å². The van der Waals surface area contributed by atoms with Gasteiger partial charge < -0.3 is 29.7 Å². The van der Waals surface area contributed by atoms with Crippen LogP contribution in [-0.2, 0) is 10.3 Å². The molecule has 3 N–H and O–H groups in total. The summed E-state index contributed by atoms with van der Waals surface area (Å²) in [6, 6.07) is 22.0. The molecule has 2 fully saturated rings. The van der Waals surface area contributed by atoms with Crippen LogP contribution in [0.2, 0.25) is 0 Å². The molecule has 0 radical (unpaired) electrons. The molecule has 0 spiro atoms. The van der Waals surface area contributed by atoms with Crippen LogP contribution in [0.1, 0.15) is 41.6 Å². The van der Waals surface area contributed by atoms with E-state index in [1.807, 2.05) is 60.6 Å². The van der Waals surface area contributed by atoms with E-state index in [1.165, 1.54) is 5.56 Å². The number of pyridine rings is 1. The van der Waals surface area contributed by atoms with Crippen molar-refractivity contribution in [2.24, 2.45) is 4.99 Å². The van der Waals surface area contributed by atoms with E-state index >= 15 is 0 Å². The molecule has 9 nitrogen and oxygen atoms in total. The lowest BCUT2D eigenvalue weighted by Gasteiger charge is -2.42. The molecule has 0 unspecified atom stereocenters. The fourth-order valence-electron chi connectivity index (χ4n) is 5.95. The van der Waals surface area contributed by atoms with Gasteiger partial charge in [-0.05, 0) is 87.8 Å². The number of hydrogen-bond acceptors (Lipinski definition) is 5. The van der Waals surface area contributed by atoms with Gasteiger partial charge in [-0.3, -0.25) is 10.2 Å². The van der Waals surface area contributed by atoms with Crippen LogP contribution < -0.4 is 15.7 Å². The number of rotatable bonds is 6. The van der Waals surface area contributed by atoms with Crippen molar-refractivity contribution in [3.05, 3.63) is 89.5 Å². The molecule has 5 rings (SSSR count). The summed E-state index contributed by atoms with van der Waals surface area (Å²) in [6.45, 7) is 3.64. The van der Waals surface area contributed by atoms with Crippen molar-refractivity contribution in [2.75, 3.05) is 57.6 Å². The van der Waals surface area contributed by atoms with Gasteiger partial charge in [0.25, 0.3) is 5.91 Å². The van der Waals surface area contributed by atoms with Crippen LogP contribution in [0.4, 0.5) is 11.4 Å². The first kappa shape index (κ1) is 28.6. The van der Waals surface area contributed by atoms with Crippen molar-refractivity contribution < 1.29 is 9.53 Å². The lowest BCUT2D eigenvalue weighted by atomic mass is 9.84. The Labute approximate surface area is 242 Å². The van der Waals surface area contributed by atoms with E-state index in [2.05, 4.69) is 56.4 Å². The molecule has 2 aromatic carbocycles. The normalized spacial score (nSPS) is 18.2. The zero-order valence-electron chi connectivity index (χ0n) is 24.3. The number of H-pyrrole nitrogens is 1. The molecule has 2 saturated heterocycles. The van der Waals surface area contributed by atoms with Gasteiger partial charge in [0.15, 0.2) is 5.49 Å². The number of benzene rings is 2. The highest BCUT2D eigenvalue weighted by Crippen LogP contribution is 2.36. The topological polar surface area (TPSA) is 100 Å². The van der Waals surface area contributed by atoms with Gasteiger partial charge in [0.1, 0.15) is 0 Å². The molecular weight excluding hydrogens is 514 g/mol. The molecule has 2 aliphatic heterocycles. The first-order valence-corrected chi connectivity index (χ1v) is 14.4. The fraction of sp³-hybridized carbons (Fsp3) is 0.406. The maximum absolute atomic E-state index is 13.0. The van der Waals surface area contributed by atoms with Crippen molar-refractivity contribution in [3.63, 3.8) is 0 Å². The Balaban J connectivity index is 1.23. The van der Waals surface area contributed by atoms with Gasteiger partial charge in [-0.1, -0.05) is 30.3 Å². The number of methoxy groups -OCH3 is 1. The second kappa shape index (κ2) is 12.7. The molecule has 9 heteroatoms. The van der Waals surface area contributed by atoms with Crippen LogP contribution in [-0.4, -0.2) is 80.1 Å². The lowest BCUT2D eigenvalue weighted by Crippen LogP contribution is -2.45. The smallest absolute Gasteiger partial charge is 0.253 e. The Kier molecular flexibility index (Phi) is 8.85. The summed E-state index contributed by atoms with van der Waals surface area (Å²) in [5, 5.41) is 11.6. The molecule has 41 heavy (non-hydrogen) atoms. The van der Waals surface area contributed by atoms with Gasteiger partial charge in [0.05, 0.1) is 11.3 Å². The molecule has 0 aliphatic carbocycles. The van der Waals surface area contributed by atoms with Gasteiger partial charge in [-0.2, -0.15) is 4.99 Å². The summed E-state index contributed by atoms with van der Waals surface area (Å²) in [6.07, 6.45) is 5.52. The number of piperidine rings is 2. The van der Waals surface area contributed by atoms with E-state index < -0.39 is 0 Å². The number of aromatic amines is 1. The zero-order valence-corrected chi connectivity index (χ0v) is 24.3. The molecule has 0 saturated carbocycles. The quantitative estimate of drug-likeness (QED) is 0.312. The van der Waals surface area contributed by atoms with Crippen LogP contribution in [0.3, 0.4) is 0 Å². The Morgan fingerprint density at radius 2 is 1.71 bits per heavy atom. The highest BCUT2D eigenvalue weighted by atomic mass is 16.5. The van der Waals surface area contributed by atoms with Crippen LogP contribution in [0.5, 0.6) is 0 Å². The van der Waals surface area contributed by atoms with Crippen LogP contribution >= 0.6 is 0 Å². The van der Waals surface area contributed by atoms with Gasteiger partial charge in [0.2, 0.25) is 5.96 Å². The average molecular weight is 556 g/mol. The molecule has 0 bridgehead atoms. The van der Waals surface area contributed by atoms with Crippen LogP contribution in [0.25, 0.3) is 0 Å². The third-order valence-corrected chi connectivity index (χ3v) is 8.59. The van der Waals surface area contributed by atoms with E-state index in [0.717, 1.165) is 57.5 Å². The molecule has 1 amide bonds. The van der Waals surface area contributed by atoms with Gasteiger partial charge in [-0.25, -0.2) is 0 Å². The predicted molar refractivity (Wildman–Crippen MR) is 163 cm³/mol. The molecule has 3 aromatic rings. The summed E-state index contributed by atoms with van der Waals surface area (Å²) in [5.41, 5.74) is 3.85. The molecule has 3 heterocycles. The summed E-state index contributed by atoms with van der Waals surface area (Å²) in [5.74, 6) is 0.0458. The number of carbonyl (C=O) groups is 1. The number of hydrogen-bond donors (Lipinski definition) is 3. The number of amides is 1. The van der Waals surface area contributed by atoms with E-state index in [1.54, 1.807) is 7.11 Å². The second-order valence-corrected chi connectivity index (χ2v) is 11.1. The Hall–Kier alpha value is -3.95. The third-order valence-electron chi connectivity index (χ3n) is 8.59. The van der Waals surface area contributed by atoms with E-state index in [4.69, 9.17) is 10.1 Å². The maximum Gasteiger partial charge on any atom is 0.253 e. The Bertz CT molecular complexity index is 1390. The molecule has 0 atom stereocenters. The van der Waals surface area contributed by atoms with Crippen molar-refractivity contribution in [3.8, 4) is 0 Å². The van der Waals surface area contributed by atoms with E-state index in [-0.39, 0.29) is 23.5 Å². The highest BCUT2D eigenvalue weighted by molar-refractivity contribution is 5.96. The van der Waals surface area contributed by atoms with E-state index in [0.29, 0.717) is 16.7 Å². The number of nitrogens with zero attached hydrogens (tertiary/aromatic N) is 4. The van der Waals surface area contributed by atoms with Gasteiger partial charge >= 0.3 is 0 Å². The second-order valence-electron chi connectivity index (χ2n) is 11.1.